The smallest absolute Gasteiger partial charge is 0.315 e. The van der Waals surface area contributed by atoms with Crippen molar-refractivity contribution in [2.45, 2.75) is 13.0 Å². The fourth-order valence-electron chi connectivity index (χ4n) is 2.10. The highest BCUT2D eigenvalue weighted by Crippen LogP contribution is 2.15. The third-order valence-corrected chi connectivity index (χ3v) is 3.45. The number of benzene rings is 2. The van der Waals surface area contributed by atoms with Gasteiger partial charge in [-0.25, -0.2) is 9.18 Å². The number of aryl methyl sites for hydroxylation is 1. The Balaban J connectivity index is 1.64. The van der Waals surface area contributed by atoms with Crippen molar-refractivity contribution in [3.63, 3.8) is 0 Å². The Morgan fingerprint density at radius 3 is 2.58 bits per heavy atom. The van der Waals surface area contributed by atoms with Gasteiger partial charge >= 0.3 is 6.03 Å². The molecule has 0 saturated heterocycles. The summed E-state index contributed by atoms with van der Waals surface area (Å²) >= 11 is 0. The molecule has 128 valence electrons. The number of hydrogen-bond donors (Lipinski definition) is 3. The van der Waals surface area contributed by atoms with Gasteiger partial charge in [0.05, 0.1) is 12.6 Å². The molecule has 1 unspecified atom stereocenters. The Morgan fingerprint density at radius 2 is 1.88 bits per heavy atom. The number of carbonyl (C=O) groups is 1. The monoisotopic (exact) mass is 332 g/mol. The van der Waals surface area contributed by atoms with Gasteiger partial charge < -0.3 is 20.5 Å². The van der Waals surface area contributed by atoms with Crippen LogP contribution in [0.1, 0.15) is 17.2 Å². The van der Waals surface area contributed by atoms with E-state index in [0.29, 0.717) is 18.7 Å². The maximum atomic E-state index is 12.8. The molecule has 0 spiro atoms. The quantitative estimate of drug-likeness (QED) is 0.683. The van der Waals surface area contributed by atoms with Crippen LogP contribution >= 0.6 is 0 Å². The molecular weight excluding hydrogens is 311 g/mol. The average Bonchev–Trinajstić information content (AvgIpc) is 2.58. The van der Waals surface area contributed by atoms with E-state index in [-0.39, 0.29) is 12.4 Å². The van der Waals surface area contributed by atoms with Crippen molar-refractivity contribution in [2.24, 2.45) is 0 Å². The second-order valence-corrected chi connectivity index (χ2v) is 5.32. The predicted octanol–water partition coefficient (Wildman–Crippen LogP) is 2.55. The molecule has 0 saturated carbocycles. The Kier molecular flexibility index (Phi) is 6.57. The van der Waals surface area contributed by atoms with Gasteiger partial charge in [-0.15, -0.1) is 0 Å². The second kappa shape index (κ2) is 8.88. The number of urea groups is 1. The lowest BCUT2D eigenvalue weighted by Gasteiger charge is -2.13. The summed E-state index contributed by atoms with van der Waals surface area (Å²) in [6.45, 7) is 2.67. The van der Waals surface area contributed by atoms with Crippen molar-refractivity contribution in [1.82, 2.24) is 10.6 Å². The minimum Gasteiger partial charge on any atom is -0.491 e. The molecule has 0 aliphatic carbocycles. The first kappa shape index (κ1) is 17.7. The summed E-state index contributed by atoms with van der Waals surface area (Å²) in [5.74, 6) is 0.414. The lowest BCUT2D eigenvalue weighted by molar-refractivity contribution is 0.172. The van der Waals surface area contributed by atoms with Crippen LogP contribution in [0.2, 0.25) is 0 Å². The van der Waals surface area contributed by atoms with Crippen LogP contribution in [0.4, 0.5) is 9.18 Å². The van der Waals surface area contributed by atoms with Crippen molar-refractivity contribution in [3.05, 3.63) is 65.5 Å². The van der Waals surface area contributed by atoms with E-state index in [2.05, 4.69) is 10.6 Å². The molecule has 2 aromatic carbocycles. The summed E-state index contributed by atoms with van der Waals surface area (Å²) < 4.78 is 18.4. The number of ether oxygens (including phenoxy) is 1. The SMILES string of the molecule is Cc1ccccc1OCCNC(=O)NCC(O)c1ccc(F)cc1. The Bertz CT molecular complexity index is 662. The summed E-state index contributed by atoms with van der Waals surface area (Å²) in [4.78, 5) is 11.7. The van der Waals surface area contributed by atoms with E-state index in [1.807, 2.05) is 31.2 Å². The highest BCUT2D eigenvalue weighted by atomic mass is 19.1. The van der Waals surface area contributed by atoms with Gasteiger partial charge in [0, 0.05) is 6.54 Å². The van der Waals surface area contributed by atoms with Crippen molar-refractivity contribution in [3.8, 4) is 5.75 Å². The second-order valence-electron chi connectivity index (χ2n) is 5.32. The van der Waals surface area contributed by atoms with Crippen molar-refractivity contribution < 1.29 is 19.0 Å². The molecule has 0 aliphatic rings. The standard InChI is InChI=1S/C18H21FN2O3/c1-13-4-2-3-5-17(13)24-11-10-20-18(23)21-12-16(22)14-6-8-15(19)9-7-14/h2-9,16,22H,10-12H2,1H3,(H2,20,21,23). The predicted molar refractivity (Wildman–Crippen MR) is 89.4 cm³/mol. The topological polar surface area (TPSA) is 70.6 Å². The molecule has 24 heavy (non-hydrogen) atoms. The van der Waals surface area contributed by atoms with Crippen molar-refractivity contribution in [2.75, 3.05) is 19.7 Å². The van der Waals surface area contributed by atoms with Gasteiger partial charge in [0.2, 0.25) is 0 Å². The first-order chi connectivity index (χ1) is 11.6. The normalized spacial score (nSPS) is 11.6. The first-order valence-corrected chi connectivity index (χ1v) is 7.70. The molecule has 0 heterocycles. The number of nitrogens with one attached hydrogen (secondary N) is 2. The molecule has 5 nitrogen and oxygen atoms in total. The zero-order chi connectivity index (χ0) is 17.4. The highest BCUT2D eigenvalue weighted by molar-refractivity contribution is 5.73. The summed E-state index contributed by atoms with van der Waals surface area (Å²) in [7, 11) is 0. The molecule has 0 fully saturated rings. The molecule has 0 aromatic heterocycles. The summed E-state index contributed by atoms with van der Waals surface area (Å²) in [6, 6.07) is 12.7. The number of carbonyl (C=O) groups excluding carboxylic acids is 1. The van der Waals surface area contributed by atoms with E-state index in [0.717, 1.165) is 11.3 Å². The fraction of sp³-hybridized carbons (Fsp3) is 0.278. The zero-order valence-corrected chi connectivity index (χ0v) is 13.5. The Hall–Kier alpha value is -2.60. The van der Waals surface area contributed by atoms with Gasteiger partial charge in [-0.3, -0.25) is 0 Å². The molecule has 0 aliphatic heterocycles. The van der Waals surface area contributed by atoms with Gasteiger partial charge in [0.1, 0.15) is 18.2 Å². The van der Waals surface area contributed by atoms with Crippen molar-refractivity contribution >= 4 is 6.03 Å². The van der Waals surface area contributed by atoms with Crippen LogP contribution < -0.4 is 15.4 Å². The summed E-state index contributed by atoms with van der Waals surface area (Å²) in [6.07, 6.45) is -0.889. The third-order valence-electron chi connectivity index (χ3n) is 3.45. The lowest BCUT2D eigenvalue weighted by atomic mass is 10.1. The minimum absolute atomic E-state index is 0.0378. The van der Waals surface area contributed by atoms with E-state index >= 15 is 0 Å². The Morgan fingerprint density at radius 1 is 1.17 bits per heavy atom. The van der Waals surface area contributed by atoms with Gasteiger partial charge in [-0.2, -0.15) is 0 Å². The van der Waals surface area contributed by atoms with Gasteiger partial charge in [0.15, 0.2) is 0 Å². The van der Waals surface area contributed by atoms with Gasteiger partial charge in [-0.1, -0.05) is 30.3 Å². The number of aliphatic hydroxyl groups excluding tert-OH is 1. The van der Waals surface area contributed by atoms with Gasteiger partial charge in [-0.05, 0) is 36.2 Å². The molecule has 3 N–H and O–H groups in total. The van der Waals surface area contributed by atoms with Crippen LogP contribution in [-0.2, 0) is 0 Å². The van der Waals surface area contributed by atoms with Crippen molar-refractivity contribution in [1.29, 1.82) is 0 Å². The van der Waals surface area contributed by atoms with E-state index in [1.165, 1.54) is 24.3 Å². The molecule has 2 amide bonds. The maximum absolute atomic E-state index is 12.8. The maximum Gasteiger partial charge on any atom is 0.315 e. The van der Waals surface area contributed by atoms with E-state index < -0.39 is 12.1 Å². The number of hydrogen-bond acceptors (Lipinski definition) is 3. The summed E-state index contributed by atoms with van der Waals surface area (Å²) in [5.41, 5.74) is 1.57. The lowest BCUT2D eigenvalue weighted by Crippen LogP contribution is -2.39. The zero-order valence-electron chi connectivity index (χ0n) is 13.5. The molecule has 0 bridgehead atoms. The Labute approximate surface area is 140 Å². The molecular formula is C18H21FN2O3. The number of rotatable bonds is 7. The van der Waals surface area contributed by atoms with Crippen LogP contribution in [0.3, 0.4) is 0 Å². The molecule has 6 heteroatoms. The van der Waals surface area contributed by atoms with E-state index in [9.17, 15) is 14.3 Å². The molecule has 0 radical (unpaired) electrons. The van der Waals surface area contributed by atoms with Crippen LogP contribution in [0, 0.1) is 12.7 Å². The average molecular weight is 332 g/mol. The molecule has 2 rings (SSSR count). The van der Waals surface area contributed by atoms with Crippen LogP contribution in [0.5, 0.6) is 5.75 Å². The summed E-state index contributed by atoms with van der Waals surface area (Å²) in [5, 5.41) is 15.1. The fourth-order valence-corrected chi connectivity index (χ4v) is 2.10. The number of amides is 2. The minimum atomic E-state index is -0.889. The first-order valence-electron chi connectivity index (χ1n) is 7.70. The molecule has 2 aromatic rings. The highest BCUT2D eigenvalue weighted by Gasteiger charge is 2.09. The third kappa shape index (κ3) is 5.55. The molecule has 1 atom stereocenters. The number of halogens is 1. The van der Waals surface area contributed by atoms with Crippen LogP contribution in [-0.4, -0.2) is 30.8 Å². The van der Waals surface area contributed by atoms with Gasteiger partial charge in [0.25, 0.3) is 0 Å². The largest absolute Gasteiger partial charge is 0.491 e. The van der Waals surface area contributed by atoms with Crippen LogP contribution in [0.25, 0.3) is 0 Å². The van der Waals surface area contributed by atoms with Crippen LogP contribution in [0.15, 0.2) is 48.5 Å². The van der Waals surface area contributed by atoms with E-state index in [4.69, 9.17) is 4.74 Å². The number of para-hydroxylation sites is 1. The number of aliphatic hydroxyl groups is 1. The van der Waals surface area contributed by atoms with E-state index in [1.54, 1.807) is 0 Å².